The molecule has 1 unspecified atom stereocenters. The molecule has 5 heteroatoms. The molecule has 20 heavy (non-hydrogen) atoms. The van der Waals surface area contributed by atoms with Gasteiger partial charge in [-0.05, 0) is 46.6 Å². The van der Waals surface area contributed by atoms with Crippen molar-refractivity contribution >= 4 is 26.9 Å². The van der Waals surface area contributed by atoms with Crippen LogP contribution in [0, 0.1) is 6.92 Å². The Morgan fingerprint density at radius 1 is 1.30 bits per heavy atom. The van der Waals surface area contributed by atoms with Crippen LogP contribution in [0.4, 0.5) is 0 Å². The van der Waals surface area contributed by atoms with Crippen molar-refractivity contribution in [3.63, 3.8) is 0 Å². The lowest BCUT2D eigenvalue weighted by molar-refractivity contribution is 0.469. The Labute approximate surface area is 125 Å². The van der Waals surface area contributed by atoms with E-state index in [4.69, 9.17) is 10.3 Å². The summed E-state index contributed by atoms with van der Waals surface area (Å²) >= 11 is 3.49. The molecule has 2 aromatic heterocycles. The molecule has 0 radical (unpaired) electrons. The van der Waals surface area contributed by atoms with E-state index in [0.29, 0.717) is 0 Å². The first-order chi connectivity index (χ1) is 9.70. The second kappa shape index (κ2) is 5.36. The van der Waals surface area contributed by atoms with Crippen molar-refractivity contribution in [1.82, 2.24) is 10.4 Å². The minimum absolute atomic E-state index is 0.294. The summed E-state index contributed by atoms with van der Waals surface area (Å²) in [4.78, 5) is 4.37. The first-order valence-electron chi connectivity index (χ1n) is 6.26. The molecule has 3 rings (SSSR count). The van der Waals surface area contributed by atoms with Gasteiger partial charge in [-0.15, -0.1) is 0 Å². The summed E-state index contributed by atoms with van der Waals surface area (Å²) < 4.78 is 6.85. The van der Waals surface area contributed by atoms with E-state index in [1.54, 1.807) is 6.20 Å². The van der Waals surface area contributed by atoms with Crippen LogP contribution in [-0.2, 0) is 0 Å². The van der Waals surface area contributed by atoms with Crippen LogP contribution in [0.1, 0.15) is 23.1 Å². The summed E-state index contributed by atoms with van der Waals surface area (Å²) in [5.74, 6) is 6.44. The van der Waals surface area contributed by atoms with Crippen molar-refractivity contribution in [3.8, 4) is 0 Å². The molecule has 1 atom stereocenters. The second-order valence-electron chi connectivity index (χ2n) is 4.61. The lowest BCUT2D eigenvalue weighted by atomic mass is 10.1. The van der Waals surface area contributed by atoms with Crippen molar-refractivity contribution in [2.24, 2.45) is 5.84 Å². The van der Waals surface area contributed by atoms with Gasteiger partial charge in [0.25, 0.3) is 0 Å². The summed E-state index contributed by atoms with van der Waals surface area (Å²) in [5, 5.41) is 1.06. The highest BCUT2D eigenvalue weighted by molar-refractivity contribution is 9.10. The molecule has 0 fully saturated rings. The molecule has 0 aliphatic heterocycles. The number of aryl methyl sites for hydroxylation is 1. The number of halogens is 1. The number of nitrogens with two attached hydrogens (primary N) is 1. The molecular weight excluding hydrogens is 318 g/mol. The molecule has 1 aromatic carbocycles. The number of hydrogen-bond acceptors (Lipinski definition) is 4. The lowest BCUT2D eigenvalue weighted by Gasteiger charge is -2.13. The van der Waals surface area contributed by atoms with Gasteiger partial charge in [-0.3, -0.25) is 10.8 Å². The Morgan fingerprint density at radius 2 is 2.15 bits per heavy atom. The smallest absolute Gasteiger partial charge is 0.137 e. The Kier molecular flexibility index (Phi) is 3.56. The van der Waals surface area contributed by atoms with Crippen LogP contribution in [-0.4, -0.2) is 4.98 Å². The zero-order valence-corrected chi connectivity index (χ0v) is 12.5. The normalized spacial score (nSPS) is 12.8. The van der Waals surface area contributed by atoms with E-state index in [9.17, 15) is 0 Å². The average Bonchev–Trinajstić information content (AvgIpc) is 2.87. The molecular formula is C15H14BrN3O. The maximum absolute atomic E-state index is 5.96. The first-order valence-corrected chi connectivity index (χ1v) is 7.05. The summed E-state index contributed by atoms with van der Waals surface area (Å²) in [6, 6.07) is 11.6. The van der Waals surface area contributed by atoms with Crippen LogP contribution in [0.2, 0.25) is 0 Å². The Morgan fingerprint density at radius 3 is 2.85 bits per heavy atom. The van der Waals surface area contributed by atoms with E-state index < -0.39 is 0 Å². The zero-order chi connectivity index (χ0) is 14.1. The Balaban J connectivity index is 2.12. The number of aromatic nitrogens is 1. The van der Waals surface area contributed by atoms with Crippen molar-refractivity contribution in [2.75, 3.05) is 0 Å². The molecule has 0 saturated heterocycles. The van der Waals surface area contributed by atoms with Gasteiger partial charge in [-0.2, -0.15) is 0 Å². The van der Waals surface area contributed by atoms with Crippen molar-refractivity contribution in [1.29, 1.82) is 0 Å². The summed E-state index contributed by atoms with van der Waals surface area (Å²) in [6.45, 7) is 2.02. The van der Waals surface area contributed by atoms with E-state index >= 15 is 0 Å². The molecule has 2 heterocycles. The molecule has 0 saturated carbocycles. The number of hydrazine groups is 1. The van der Waals surface area contributed by atoms with Gasteiger partial charge in [0.2, 0.25) is 0 Å². The van der Waals surface area contributed by atoms with Crippen LogP contribution in [0.15, 0.2) is 51.5 Å². The number of benzene rings is 1. The molecule has 0 bridgehead atoms. The van der Waals surface area contributed by atoms with Crippen LogP contribution in [0.3, 0.4) is 0 Å². The third-order valence-corrected chi connectivity index (χ3v) is 3.94. The van der Waals surface area contributed by atoms with Crippen LogP contribution >= 0.6 is 15.9 Å². The summed E-state index contributed by atoms with van der Waals surface area (Å²) in [7, 11) is 0. The number of rotatable bonds is 3. The van der Waals surface area contributed by atoms with Crippen LogP contribution in [0.25, 0.3) is 11.0 Å². The van der Waals surface area contributed by atoms with Gasteiger partial charge in [0.1, 0.15) is 17.4 Å². The first kappa shape index (κ1) is 13.3. The summed E-state index contributed by atoms with van der Waals surface area (Å²) in [6.07, 6.45) is 1.73. The van der Waals surface area contributed by atoms with Crippen molar-refractivity contribution in [2.45, 2.75) is 13.0 Å². The number of pyridine rings is 1. The quantitative estimate of drug-likeness (QED) is 0.570. The predicted molar refractivity (Wildman–Crippen MR) is 82.1 cm³/mol. The van der Waals surface area contributed by atoms with Gasteiger partial charge in [0.05, 0.1) is 5.69 Å². The van der Waals surface area contributed by atoms with Gasteiger partial charge in [0.15, 0.2) is 0 Å². The third-order valence-electron chi connectivity index (χ3n) is 3.27. The number of nitrogens with zero attached hydrogens (tertiary/aromatic N) is 1. The van der Waals surface area contributed by atoms with E-state index in [-0.39, 0.29) is 6.04 Å². The Hall–Kier alpha value is -1.69. The third kappa shape index (κ3) is 2.24. The topological polar surface area (TPSA) is 64.1 Å². The van der Waals surface area contributed by atoms with Crippen molar-refractivity contribution in [3.05, 3.63) is 64.1 Å². The molecule has 3 aromatic rings. The molecule has 4 nitrogen and oxygen atoms in total. The van der Waals surface area contributed by atoms with Gasteiger partial charge >= 0.3 is 0 Å². The van der Waals surface area contributed by atoms with E-state index in [2.05, 4.69) is 26.3 Å². The molecule has 102 valence electrons. The maximum Gasteiger partial charge on any atom is 0.137 e. The lowest BCUT2D eigenvalue weighted by Crippen LogP contribution is -2.29. The second-order valence-corrected chi connectivity index (χ2v) is 5.47. The fourth-order valence-corrected chi connectivity index (χ4v) is 2.76. The number of nitrogens with one attached hydrogen (secondary N) is 1. The predicted octanol–water partition coefficient (Wildman–Crippen LogP) is 3.45. The SMILES string of the molecule is Cc1cccc2cc(C(NN)c3ncccc3Br)oc12. The number of hydrogen-bond donors (Lipinski definition) is 2. The summed E-state index contributed by atoms with van der Waals surface area (Å²) in [5.41, 5.74) is 5.55. The number of furan rings is 1. The molecule has 0 amide bonds. The highest BCUT2D eigenvalue weighted by atomic mass is 79.9. The van der Waals surface area contributed by atoms with E-state index in [0.717, 1.165) is 32.5 Å². The highest BCUT2D eigenvalue weighted by Gasteiger charge is 2.21. The minimum atomic E-state index is -0.294. The monoisotopic (exact) mass is 331 g/mol. The van der Waals surface area contributed by atoms with Gasteiger partial charge in [0, 0.05) is 16.1 Å². The fourth-order valence-electron chi connectivity index (χ4n) is 2.28. The molecule has 0 aliphatic rings. The number of para-hydroxylation sites is 1. The molecule has 0 aliphatic carbocycles. The number of fused-ring (bicyclic) bond motifs is 1. The highest BCUT2D eigenvalue weighted by Crippen LogP contribution is 2.31. The van der Waals surface area contributed by atoms with Gasteiger partial charge < -0.3 is 4.42 Å². The zero-order valence-electron chi connectivity index (χ0n) is 10.9. The van der Waals surface area contributed by atoms with Crippen LogP contribution < -0.4 is 11.3 Å². The Bertz CT molecular complexity index is 754. The fraction of sp³-hybridized carbons (Fsp3) is 0.133. The average molecular weight is 332 g/mol. The van der Waals surface area contributed by atoms with Crippen molar-refractivity contribution < 1.29 is 4.42 Å². The molecule has 3 N–H and O–H groups in total. The minimum Gasteiger partial charge on any atom is -0.459 e. The maximum atomic E-state index is 5.96. The molecule has 0 spiro atoms. The largest absolute Gasteiger partial charge is 0.459 e. The standard InChI is InChI=1S/C15H14BrN3O/c1-9-4-2-5-10-8-12(20-15(9)10)14(19-17)13-11(16)6-3-7-18-13/h2-8,14,19H,17H2,1H3. The van der Waals surface area contributed by atoms with Crippen LogP contribution in [0.5, 0.6) is 0 Å². The van der Waals surface area contributed by atoms with Gasteiger partial charge in [-0.25, -0.2) is 5.43 Å². The van der Waals surface area contributed by atoms with Gasteiger partial charge in [-0.1, -0.05) is 18.2 Å². The van der Waals surface area contributed by atoms with E-state index in [1.807, 2.05) is 43.3 Å². The van der Waals surface area contributed by atoms with E-state index in [1.165, 1.54) is 0 Å².